The van der Waals surface area contributed by atoms with Crippen molar-refractivity contribution in [1.29, 1.82) is 0 Å². The number of pyridine rings is 1. The highest BCUT2D eigenvalue weighted by atomic mass is 32.2. The van der Waals surface area contributed by atoms with Crippen LogP contribution in [-0.4, -0.2) is 25.6 Å². The van der Waals surface area contributed by atoms with Crippen LogP contribution in [0.3, 0.4) is 0 Å². The summed E-state index contributed by atoms with van der Waals surface area (Å²) in [5.41, 5.74) is 3.24. The Hall–Kier alpha value is -2.34. The second-order valence-electron chi connectivity index (χ2n) is 4.96. The van der Waals surface area contributed by atoms with Crippen molar-refractivity contribution in [1.82, 2.24) is 19.9 Å². The fraction of sp³-hybridized carbons (Fsp3) is 0.188. The van der Waals surface area contributed by atoms with Gasteiger partial charge in [0.1, 0.15) is 0 Å². The van der Waals surface area contributed by atoms with Crippen LogP contribution in [0.1, 0.15) is 11.3 Å². The van der Waals surface area contributed by atoms with Gasteiger partial charge in [0.25, 0.3) is 0 Å². The third-order valence-corrected chi connectivity index (χ3v) is 4.23. The van der Waals surface area contributed by atoms with E-state index in [1.54, 1.807) is 22.6 Å². The molecular weight excluding hydrogens is 294 g/mol. The summed E-state index contributed by atoms with van der Waals surface area (Å²) in [6, 6.07) is 14.0. The number of thioether (sulfide) groups is 1. The highest BCUT2D eigenvalue weighted by molar-refractivity contribution is 7.99. The van der Waals surface area contributed by atoms with Crippen LogP contribution in [0.5, 0.6) is 0 Å². The van der Waals surface area contributed by atoms with Gasteiger partial charge in [-0.1, -0.05) is 47.7 Å². The van der Waals surface area contributed by atoms with Crippen LogP contribution < -0.4 is 5.84 Å². The lowest BCUT2D eigenvalue weighted by Gasteiger charge is -2.04. The van der Waals surface area contributed by atoms with Crippen LogP contribution in [-0.2, 0) is 6.42 Å². The minimum absolute atomic E-state index is 0.681. The molecule has 0 fully saturated rings. The van der Waals surface area contributed by atoms with E-state index in [9.17, 15) is 0 Å². The smallest absolute Gasteiger partial charge is 0.210 e. The van der Waals surface area contributed by atoms with Crippen molar-refractivity contribution >= 4 is 11.8 Å². The molecule has 0 spiro atoms. The summed E-state index contributed by atoms with van der Waals surface area (Å²) in [4.78, 5) is 4.31. The molecule has 0 saturated carbocycles. The predicted octanol–water partition coefficient (Wildman–Crippen LogP) is 2.70. The highest BCUT2D eigenvalue weighted by Gasteiger charge is 2.11. The third-order valence-electron chi connectivity index (χ3n) is 3.29. The molecule has 6 heteroatoms. The summed E-state index contributed by atoms with van der Waals surface area (Å²) >= 11 is 1.58. The molecule has 0 aliphatic heterocycles. The topological polar surface area (TPSA) is 69.6 Å². The number of hydrogen-bond donors (Lipinski definition) is 1. The minimum Gasteiger partial charge on any atom is -0.335 e. The van der Waals surface area contributed by atoms with Crippen molar-refractivity contribution in [3.8, 4) is 11.4 Å². The van der Waals surface area contributed by atoms with E-state index in [-0.39, 0.29) is 0 Å². The number of nitrogens with zero attached hydrogens (tertiary/aromatic N) is 4. The number of benzene rings is 1. The van der Waals surface area contributed by atoms with Gasteiger partial charge < -0.3 is 5.84 Å². The fourth-order valence-electron chi connectivity index (χ4n) is 2.07. The quantitative estimate of drug-likeness (QED) is 0.579. The first-order valence-corrected chi connectivity index (χ1v) is 8.03. The Labute approximate surface area is 133 Å². The second-order valence-corrected chi connectivity index (χ2v) is 6.02. The maximum Gasteiger partial charge on any atom is 0.210 e. The van der Waals surface area contributed by atoms with Gasteiger partial charge in [0.2, 0.25) is 5.16 Å². The zero-order valence-electron chi connectivity index (χ0n) is 12.3. The van der Waals surface area contributed by atoms with Crippen molar-refractivity contribution in [2.75, 3.05) is 11.6 Å². The normalized spacial score (nSPS) is 10.8. The predicted molar refractivity (Wildman–Crippen MR) is 89.0 cm³/mol. The standard InChI is InChI=1S/C16H17N5S/c1-12-5-7-13(8-6-12)15-19-20-16(21(15)17)22-11-9-14-4-2-3-10-18-14/h2-8,10H,9,11,17H2,1H3. The molecule has 2 heterocycles. The number of rotatable bonds is 5. The molecule has 0 radical (unpaired) electrons. The molecule has 3 aromatic rings. The van der Waals surface area contributed by atoms with Crippen molar-refractivity contribution in [2.45, 2.75) is 18.5 Å². The van der Waals surface area contributed by atoms with Crippen LogP contribution in [0, 0.1) is 6.92 Å². The molecule has 5 nitrogen and oxygen atoms in total. The summed E-state index contributed by atoms with van der Waals surface area (Å²) in [5.74, 6) is 7.65. The van der Waals surface area contributed by atoms with Gasteiger partial charge in [0.15, 0.2) is 5.82 Å². The van der Waals surface area contributed by atoms with E-state index in [0.717, 1.165) is 23.4 Å². The van der Waals surface area contributed by atoms with Gasteiger partial charge in [0.05, 0.1) is 0 Å². The zero-order chi connectivity index (χ0) is 15.4. The second kappa shape index (κ2) is 6.62. The van der Waals surface area contributed by atoms with Crippen LogP contribution in [0.2, 0.25) is 0 Å². The van der Waals surface area contributed by atoms with Crippen LogP contribution in [0.25, 0.3) is 11.4 Å². The monoisotopic (exact) mass is 311 g/mol. The number of nitrogens with two attached hydrogens (primary N) is 1. The lowest BCUT2D eigenvalue weighted by Crippen LogP contribution is -2.11. The van der Waals surface area contributed by atoms with Crippen LogP contribution in [0.15, 0.2) is 53.8 Å². The lowest BCUT2D eigenvalue weighted by molar-refractivity contribution is 0.848. The van der Waals surface area contributed by atoms with Gasteiger partial charge >= 0.3 is 0 Å². The van der Waals surface area contributed by atoms with Gasteiger partial charge in [-0.3, -0.25) is 4.98 Å². The molecule has 0 unspecified atom stereocenters. The average molecular weight is 311 g/mol. The maximum atomic E-state index is 6.11. The summed E-state index contributed by atoms with van der Waals surface area (Å²) in [6.45, 7) is 2.05. The van der Waals surface area contributed by atoms with E-state index in [1.807, 2.05) is 42.5 Å². The van der Waals surface area contributed by atoms with Crippen LogP contribution >= 0.6 is 11.8 Å². The Morgan fingerprint density at radius 1 is 1.09 bits per heavy atom. The van der Waals surface area contributed by atoms with Crippen molar-refractivity contribution in [3.05, 3.63) is 59.9 Å². The molecule has 0 atom stereocenters. The first-order chi connectivity index (χ1) is 10.7. The number of nitrogen functional groups attached to an aromatic ring is 1. The summed E-state index contributed by atoms with van der Waals surface area (Å²) < 4.78 is 1.55. The first kappa shape index (κ1) is 14.6. The molecule has 22 heavy (non-hydrogen) atoms. The molecule has 0 amide bonds. The fourth-order valence-corrected chi connectivity index (χ4v) is 2.89. The summed E-state index contributed by atoms with van der Waals surface area (Å²) in [5, 5.41) is 9.08. The largest absolute Gasteiger partial charge is 0.335 e. The molecule has 2 aromatic heterocycles. The van der Waals surface area contributed by atoms with Gasteiger partial charge in [-0.25, -0.2) is 4.68 Å². The minimum atomic E-state index is 0.681. The van der Waals surface area contributed by atoms with Gasteiger partial charge in [-0.05, 0) is 25.5 Å². The molecule has 0 bridgehead atoms. The van der Waals surface area contributed by atoms with Crippen molar-refractivity contribution in [2.24, 2.45) is 0 Å². The maximum absolute atomic E-state index is 6.11. The molecule has 0 saturated heterocycles. The van der Waals surface area contributed by atoms with Gasteiger partial charge in [0, 0.05) is 23.2 Å². The van der Waals surface area contributed by atoms with E-state index < -0.39 is 0 Å². The SMILES string of the molecule is Cc1ccc(-c2nnc(SCCc3ccccn3)n2N)cc1. The number of aromatic nitrogens is 4. The molecular formula is C16H17N5S. The average Bonchev–Trinajstić information content (AvgIpc) is 2.90. The molecule has 1 aromatic carbocycles. The van der Waals surface area contributed by atoms with E-state index >= 15 is 0 Å². The summed E-state index contributed by atoms with van der Waals surface area (Å²) in [7, 11) is 0. The Kier molecular flexibility index (Phi) is 4.39. The third kappa shape index (κ3) is 3.28. The van der Waals surface area contributed by atoms with Crippen molar-refractivity contribution in [3.63, 3.8) is 0 Å². The Balaban J connectivity index is 1.67. The molecule has 0 aliphatic carbocycles. The summed E-state index contributed by atoms with van der Waals surface area (Å²) in [6.07, 6.45) is 2.68. The van der Waals surface area contributed by atoms with Crippen molar-refractivity contribution < 1.29 is 0 Å². The Morgan fingerprint density at radius 3 is 2.64 bits per heavy atom. The van der Waals surface area contributed by atoms with E-state index in [0.29, 0.717) is 11.0 Å². The number of hydrogen-bond acceptors (Lipinski definition) is 5. The molecule has 3 rings (SSSR count). The molecule has 0 aliphatic rings. The van der Waals surface area contributed by atoms with Crippen LogP contribution in [0.4, 0.5) is 0 Å². The Bertz CT molecular complexity index is 737. The first-order valence-electron chi connectivity index (χ1n) is 7.04. The van der Waals surface area contributed by atoms with Gasteiger partial charge in [-0.15, -0.1) is 10.2 Å². The zero-order valence-corrected chi connectivity index (χ0v) is 13.1. The highest BCUT2D eigenvalue weighted by Crippen LogP contribution is 2.22. The van der Waals surface area contributed by atoms with Gasteiger partial charge in [-0.2, -0.15) is 0 Å². The number of aryl methyl sites for hydroxylation is 2. The molecule has 112 valence electrons. The van der Waals surface area contributed by atoms with E-state index in [4.69, 9.17) is 5.84 Å². The molecule has 2 N–H and O–H groups in total. The lowest BCUT2D eigenvalue weighted by atomic mass is 10.1. The van der Waals surface area contributed by atoms with E-state index in [1.165, 1.54) is 5.56 Å². The Morgan fingerprint density at radius 2 is 1.91 bits per heavy atom. The van der Waals surface area contributed by atoms with E-state index in [2.05, 4.69) is 22.1 Å².